The summed E-state index contributed by atoms with van der Waals surface area (Å²) >= 11 is 5.95. The van der Waals surface area contributed by atoms with E-state index in [-0.39, 0.29) is 25.0 Å². The monoisotopic (exact) mass is 463 g/mol. The Hall–Kier alpha value is -3.71. The number of furan rings is 1. The zero-order chi connectivity index (χ0) is 22.6. The number of anilines is 1. The van der Waals surface area contributed by atoms with Crippen LogP contribution >= 0.6 is 11.6 Å². The maximum absolute atomic E-state index is 12.5. The van der Waals surface area contributed by atoms with E-state index in [0.29, 0.717) is 22.2 Å². The number of ether oxygens (including phenoxy) is 2. The molecular weight excluding hydrogens is 442 g/mol. The van der Waals surface area contributed by atoms with Crippen LogP contribution in [0, 0.1) is 0 Å². The van der Waals surface area contributed by atoms with Gasteiger partial charge < -0.3 is 19.2 Å². The highest BCUT2D eigenvalue weighted by molar-refractivity contribution is 6.30. The predicted molar refractivity (Wildman–Crippen MR) is 124 cm³/mol. The molecule has 1 aliphatic rings. The average Bonchev–Trinajstić information content (AvgIpc) is 3.57. The topological polar surface area (TPSA) is 78.5 Å². The lowest BCUT2D eigenvalue weighted by Gasteiger charge is -2.06. The van der Waals surface area contributed by atoms with Gasteiger partial charge in [0.2, 0.25) is 0 Å². The number of hydrogen-bond acceptors (Lipinski definition) is 5. The Bertz CT molecular complexity index is 1280. The first-order valence-electron chi connectivity index (χ1n) is 10.7. The first-order chi connectivity index (χ1) is 16.1. The van der Waals surface area contributed by atoms with E-state index in [9.17, 15) is 4.79 Å². The lowest BCUT2D eigenvalue weighted by Crippen LogP contribution is -2.10. The maximum atomic E-state index is 12.5. The Morgan fingerprint density at radius 3 is 2.85 bits per heavy atom. The summed E-state index contributed by atoms with van der Waals surface area (Å²) in [6.45, 7) is 0.436. The SMILES string of the molecule is O=C(Nc1cnn(COc2cccc(Cl)c2)c1)c1ccc(COc2ccc3c(c2)CCC3)o1. The molecule has 5 rings (SSSR count). The number of aryl methyl sites for hydroxylation is 2. The molecule has 0 saturated carbocycles. The number of nitrogens with one attached hydrogen (secondary N) is 1. The van der Waals surface area contributed by atoms with Crippen molar-refractivity contribution in [3.8, 4) is 11.5 Å². The third kappa shape index (κ3) is 5.21. The fraction of sp³-hybridized carbons (Fsp3) is 0.200. The van der Waals surface area contributed by atoms with Crippen LogP contribution in [0.5, 0.6) is 11.5 Å². The van der Waals surface area contributed by atoms with Crippen molar-refractivity contribution in [1.29, 1.82) is 0 Å². The summed E-state index contributed by atoms with van der Waals surface area (Å²) in [4.78, 5) is 12.5. The van der Waals surface area contributed by atoms with Crippen molar-refractivity contribution in [3.63, 3.8) is 0 Å². The zero-order valence-electron chi connectivity index (χ0n) is 17.8. The number of hydrogen-bond donors (Lipinski definition) is 1. The molecule has 33 heavy (non-hydrogen) atoms. The highest BCUT2D eigenvalue weighted by Gasteiger charge is 2.14. The molecule has 4 aromatic rings. The number of halogens is 1. The maximum Gasteiger partial charge on any atom is 0.291 e. The largest absolute Gasteiger partial charge is 0.486 e. The van der Waals surface area contributed by atoms with Crippen molar-refractivity contribution in [2.45, 2.75) is 32.6 Å². The Morgan fingerprint density at radius 1 is 1.06 bits per heavy atom. The molecule has 0 spiro atoms. The van der Waals surface area contributed by atoms with Crippen molar-refractivity contribution >= 4 is 23.2 Å². The first kappa shape index (κ1) is 21.2. The second-order valence-corrected chi connectivity index (χ2v) is 8.23. The molecule has 0 unspecified atom stereocenters. The highest BCUT2D eigenvalue weighted by Crippen LogP contribution is 2.26. The van der Waals surface area contributed by atoms with E-state index in [1.165, 1.54) is 17.5 Å². The summed E-state index contributed by atoms with van der Waals surface area (Å²) in [5.74, 6) is 1.85. The minimum atomic E-state index is -0.367. The quantitative estimate of drug-likeness (QED) is 0.374. The van der Waals surface area contributed by atoms with Gasteiger partial charge in [0.25, 0.3) is 5.91 Å². The van der Waals surface area contributed by atoms with Gasteiger partial charge in [0.15, 0.2) is 12.5 Å². The van der Waals surface area contributed by atoms with Gasteiger partial charge in [0.05, 0.1) is 18.1 Å². The minimum Gasteiger partial charge on any atom is -0.486 e. The molecule has 1 N–H and O–H groups in total. The van der Waals surface area contributed by atoms with Gasteiger partial charge >= 0.3 is 0 Å². The number of benzene rings is 2. The molecule has 0 atom stereocenters. The van der Waals surface area contributed by atoms with E-state index in [0.717, 1.165) is 18.6 Å². The van der Waals surface area contributed by atoms with Crippen LogP contribution in [-0.4, -0.2) is 15.7 Å². The Morgan fingerprint density at radius 2 is 1.94 bits per heavy atom. The summed E-state index contributed by atoms with van der Waals surface area (Å²) in [5.41, 5.74) is 3.28. The first-order valence-corrected chi connectivity index (χ1v) is 11.1. The van der Waals surface area contributed by atoms with Crippen molar-refractivity contribution < 1.29 is 18.7 Å². The Labute approximate surface area is 195 Å². The van der Waals surface area contributed by atoms with Gasteiger partial charge in [0.1, 0.15) is 23.9 Å². The van der Waals surface area contributed by atoms with Gasteiger partial charge in [-0.15, -0.1) is 0 Å². The van der Waals surface area contributed by atoms with Crippen LogP contribution in [-0.2, 0) is 26.2 Å². The van der Waals surface area contributed by atoms with E-state index in [1.807, 2.05) is 6.07 Å². The molecule has 2 aromatic carbocycles. The second kappa shape index (κ2) is 9.42. The molecule has 0 saturated heterocycles. The molecule has 0 radical (unpaired) electrons. The van der Waals surface area contributed by atoms with E-state index in [1.54, 1.807) is 53.5 Å². The van der Waals surface area contributed by atoms with Crippen molar-refractivity contribution in [1.82, 2.24) is 9.78 Å². The lowest BCUT2D eigenvalue weighted by molar-refractivity contribution is 0.0992. The van der Waals surface area contributed by atoms with E-state index in [4.69, 9.17) is 25.5 Å². The number of nitrogens with zero attached hydrogens (tertiary/aromatic N) is 2. The summed E-state index contributed by atoms with van der Waals surface area (Å²) in [5, 5.41) is 7.55. The number of fused-ring (bicyclic) bond motifs is 1. The summed E-state index contributed by atoms with van der Waals surface area (Å²) in [6, 6.07) is 16.7. The third-order valence-corrected chi connectivity index (χ3v) is 5.62. The van der Waals surface area contributed by atoms with Crippen LogP contribution in [0.2, 0.25) is 5.02 Å². The second-order valence-electron chi connectivity index (χ2n) is 7.79. The smallest absolute Gasteiger partial charge is 0.291 e. The van der Waals surface area contributed by atoms with Gasteiger partial charge in [-0.3, -0.25) is 4.79 Å². The summed E-state index contributed by atoms with van der Waals surface area (Å²) in [7, 11) is 0. The van der Waals surface area contributed by atoms with Crippen LogP contribution in [0.1, 0.15) is 33.9 Å². The van der Waals surface area contributed by atoms with Crippen LogP contribution in [0.3, 0.4) is 0 Å². The van der Waals surface area contributed by atoms with Crippen LogP contribution < -0.4 is 14.8 Å². The van der Waals surface area contributed by atoms with Crippen LogP contribution in [0.25, 0.3) is 0 Å². The molecule has 2 aromatic heterocycles. The lowest BCUT2D eigenvalue weighted by atomic mass is 10.1. The normalized spacial score (nSPS) is 12.4. The van der Waals surface area contributed by atoms with Gasteiger partial charge in [-0.25, -0.2) is 4.68 Å². The summed E-state index contributed by atoms with van der Waals surface area (Å²) in [6.07, 6.45) is 6.65. The van der Waals surface area contributed by atoms with Crippen LogP contribution in [0.15, 0.2) is 71.4 Å². The van der Waals surface area contributed by atoms with Crippen molar-refractivity contribution in [3.05, 3.63) is 94.7 Å². The summed E-state index contributed by atoms with van der Waals surface area (Å²) < 4.78 is 18.7. The highest BCUT2D eigenvalue weighted by atomic mass is 35.5. The number of rotatable bonds is 8. The molecule has 0 bridgehead atoms. The minimum absolute atomic E-state index is 0.182. The van der Waals surface area contributed by atoms with Gasteiger partial charge in [-0.2, -0.15) is 5.10 Å². The van der Waals surface area contributed by atoms with Gasteiger partial charge in [0, 0.05) is 5.02 Å². The predicted octanol–water partition coefficient (Wildman–Crippen LogP) is 5.49. The molecule has 8 heteroatoms. The number of carbonyl (C=O) groups excluding carboxylic acids is 1. The molecule has 1 amide bonds. The van der Waals surface area contributed by atoms with Gasteiger partial charge in [-0.05, 0) is 72.9 Å². The number of carbonyl (C=O) groups is 1. The van der Waals surface area contributed by atoms with E-state index >= 15 is 0 Å². The average molecular weight is 464 g/mol. The molecule has 0 fully saturated rings. The molecule has 168 valence electrons. The molecular formula is C25H22ClN3O4. The zero-order valence-corrected chi connectivity index (χ0v) is 18.5. The molecule has 1 aliphatic carbocycles. The Balaban J connectivity index is 1.13. The standard InChI is InChI=1S/C25H22ClN3O4/c26-19-5-2-6-21(12-19)32-16-29-14-20(13-27-29)28-25(30)24-10-9-23(33-24)15-31-22-8-7-17-3-1-4-18(17)11-22/h2,5-14H,1,3-4,15-16H2,(H,28,30). The van der Waals surface area contributed by atoms with E-state index < -0.39 is 0 Å². The number of aromatic nitrogens is 2. The Kier molecular flexibility index (Phi) is 6.04. The van der Waals surface area contributed by atoms with Gasteiger partial charge in [-0.1, -0.05) is 23.7 Å². The molecule has 0 aliphatic heterocycles. The van der Waals surface area contributed by atoms with E-state index in [2.05, 4.69) is 22.5 Å². The third-order valence-electron chi connectivity index (χ3n) is 5.39. The van der Waals surface area contributed by atoms with Crippen molar-refractivity contribution in [2.75, 3.05) is 5.32 Å². The number of amides is 1. The van der Waals surface area contributed by atoms with Crippen LogP contribution in [0.4, 0.5) is 5.69 Å². The molecule has 2 heterocycles. The van der Waals surface area contributed by atoms with Crippen molar-refractivity contribution in [2.24, 2.45) is 0 Å². The molecule has 7 nitrogen and oxygen atoms in total. The fourth-order valence-corrected chi connectivity index (χ4v) is 3.94. The fourth-order valence-electron chi connectivity index (χ4n) is 3.76.